The maximum absolute atomic E-state index is 11.9. The number of carbonyl (C=O) groups is 1. The second kappa shape index (κ2) is 9.95. The second-order valence-corrected chi connectivity index (χ2v) is 6.17. The van der Waals surface area contributed by atoms with Crippen LogP contribution in [0.3, 0.4) is 0 Å². The molecule has 1 fully saturated rings. The van der Waals surface area contributed by atoms with Gasteiger partial charge in [0.2, 0.25) is 12.2 Å². The van der Waals surface area contributed by atoms with Crippen LogP contribution in [0.15, 0.2) is 18.2 Å². The first-order valence-corrected chi connectivity index (χ1v) is 8.50. The molecule has 2 rings (SSSR count). The third-order valence-corrected chi connectivity index (χ3v) is 4.09. The molecule has 5 atom stereocenters. The topological polar surface area (TPSA) is 164 Å². The van der Waals surface area contributed by atoms with Gasteiger partial charge in [0.15, 0.2) is 0 Å². The first kappa shape index (κ1) is 21.5. The van der Waals surface area contributed by atoms with Crippen molar-refractivity contribution in [2.24, 2.45) is 5.73 Å². The van der Waals surface area contributed by atoms with E-state index in [1.807, 2.05) is 0 Å². The van der Waals surface area contributed by atoms with E-state index in [0.717, 1.165) is 5.56 Å². The molecule has 1 saturated heterocycles. The molecule has 0 aliphatic carbocycles. The maximum atomic E-state index is 11.9. The van der Waals surface area contributed by atoms with Crippen LogP contribution in [0.2, 0.25) is 0 Å². The lowest BCUT2D eigenvalue weighted by Crippen LogP contribution is -2.60. The standard InChI is InChI=1S/C17H26N2O8/c1-25-8-9-2-3-11(10(6-9)19-13(21)4-5-18)26-17-16(24)15(23)14(22)12(7-20)27-17/h2-3,6,12,14-17,20,22-24H,4-5,7-8,18H2,1H3,(H,19,21)/t12?,14-,15?,16?,17+/m1/s1. The van der Waals surface area contributed by atoms with Gasteiger partial charge < -0.3 is 45.7 Å². The van der Waals surface area contributed by atoms with Crippen molar-refractivity contribution in [2.75, 3.05) is 25.6 Å². The molecule has 0 aromatic heterocycles. The maximum Gasteiger partial charge on any atom is 0.229 e. The summed E-state index contributed by atoms with van der Waals surface area (Å²) < 4.78 is 16.0. The molecule has 1 aromatic carbocycles. The summed E-state index contributed by atoms with van der Waals surface area (Å²) in [5, 5.41) is 41.7. The molecule has 1 amide bonds. The number of ether oxygens (including phenoxy) is 3. The number of hydrogen-bond acceptors (Lipinski definition) is 9. The molecule has 0 saturated carbocycles. The summed E-state index contributed by atoms with van der Waals surface area (Å²) in [4.78, 5) is 11.9. The van der Waals surface area contributed by atoms with E-state index >= 15 is 0 Å². The van der Waals surface area contributed by atoms with Crippen LogP contribution >= 0.6 is 0 Å². The Morgan fingerprint density at radius 3 is 2.63 bits per heavy atom. The Balaban J connectivity index is 2.23. The monoisotopic (exact) mass is 386 g/mol. The lowest BCUT2D eigenvalue weighted by atomic mass is 9.99. The third-order valence-electron chi connectivity index (χ3n) is 4.09. The van der Waals surface area contributed by atoms with E-state index in [9.17, 15) is 25.2 Å². The number of hydrogen-bond donors (Lipinski definition) is 6. The van der Waals surface area contributed by atoms with Crippen molar-refractivity contribution in [2.45, 2.75) is 43.7 Å². The fourth-order valence-electron chi connectivity index (χ4n) is 2.67. The average molecular weight is 386 g/mol. The number of anilines is 1. The number of amides is 1. The van der Waals surface area contributed by atoms with E-state index in [0.29, 0.717) is 12.3 Å². The lowest BCUT2D eigenvalue weighted by molar-refractivity contribution is -0.277. The molecule has 1 aliphatic rings. The van der Waals surface area contributed by atoms with Gasteiger partial charge in [-0.1, -0.05) is 6.07 Å². The Kier molecular flexibility index (Phi) is 7.92. The molecule has 0 radical (unpaired) electrons. The number of nitrogens with two attached hydrogens (primary N) is 1. The minimum Gasteiger partial charge on any atom is -0.460 e. The zero-order valence-corrected chi connectivity index (χ0v) is 14.9. The number of aliphatic hydroxyl groups is 4. The third kappa shape index (κ3) is 5.36. The van der Waals surface area contributed by atoms with E-state index in [-0.39, 0.29) is 24.6 Å². The molecule has 10 heteroatoms. The van der Waals surface area contributed by atoms with E-state index in [2.05, 4.69) is 5.32 Å². The van der Waals surface area contributed by atoms with Crippen LogP contribution in [0.1, 0.15) is 12.0 Å². The molecule has 7 N–H and O–H groups in total. The van der Waals surface area contributed by atoms with Crippen molar-refractivity contribution in [3.8, 4) is 5.75 Å². The number of aliphatic hydroxyl groups excluding tert-OH is 4. The molecule has 3 unspecified atom stereocenters. The predicted molar refractivity (Wildman–Crippen MR) is 93.9 cm³/mol. The number of rotatable bonds is 8. The van der Waals surface area contributed by atoms with Gasteiger partial charge in [0.25, 0.3) is 0 Å². The van der Waals surface area contributed by atoms with Crippen LogP contribution in [0.5, 0.6) is 5.75 Å². The number of benzene rings is 1. The Labute approximate surface area is 156 Å². The largest absolute Gasteiger partial charge is 0.460 e. The highest BCUT2D eigenvalue weighted by atomic mass is 16.7. The quantitative estimate of drug-likeness (QED) is 0.305. The van der Waals surface area contributed by atoms with Crippen LogP contribution in [0.4, 0.5) is 5.69 Å². The fraction of sp³-hybridized carbons (Fsp3) is 0.588. The van der Waals surface area contributed by atoms with Crippen molar-refractivity contribution in [1.82, 2.24) is 0 Å². The molecule has 0 spiro atoms. The summed E-state index contributed by atoms with van der Waals surface area (Å²) in [6.07, 6.45) is -6.97. The van der Waals surface area contributed by atoms with E-state index in [4.69, 9.17) is 19.9 Å². The van der Waals surface area contributed by atoms with Crippen LogP contribution in [0.25, 0.3) is 0 Å². The van der Waals surface area contributed by atoms with Gasteiger partial charge in [0, 0.05) is 20.1 Å². The van der Waals surface area contributed by atoms with Crippen molar-refractivity contribution >= 4 is 11.6 Å². The van der Waals surface area contributed by atoms with Crippen LogP contribution in [0, 0.1) is 0 Å². The van der Waals surface area contributed by atoms with Gasteiger partial charge in [0.1, 0.15) is 30.2 Å². The molecular weight excluding hydrogens is 360 g/mol. The zero-order chi connectivity index (χ0) is 20.0. The first-order valence-electron chi connectivity index (χ1n) is 8.50. The molecule has 1 aromatic rings. The molecule has 27 heavy (non-hydrogen) atoms. The zero-order valence-electron chi connectivity index (χ0n) is 14.9. The summed E-state index contributed by atoms with van der Waals surface area (Å²) in [5.41, 5.74) is 6.46. The SMILES string of the molecule is COCc1ccc(O[C@H]2OC(CO)[C@@H](O)C(O)C2O)c(NC(=O)CCN)c1. The lowest BCUT2D eigenvalue weighted by Gasteiger charge is -2.39. The van der Waals surface area contributed by atoms with Gasteiger partial charge in [-0.05, 0) is 17.7 Å². The van der Waals surface area contributed by atoms with Gasteiger partial charge in [-0.25, -0.2) is 0 Å². The molecular formula is C17H26N2O8. The number of methoxy groups -OCH3 is 1. The second-order valence-electron chi connectivity index (χ2n) is 6.17. The van der Waals surface area contributed by atoms with Crippen LogP contribution < -0.4 is 15.8 Å². The van der Waals surface area contributed by atoms with Gasteiger partial charge >= 0.3 is 0 Å². The molecule has 0 bridgehead atoms. The summed E-state index contributed by atoms with van der Waals surface area (Å²) in [6, 6.07) is 4.88. The molecule has 1 heterocycles. The van der Waals surface area contributed by atoms with E-state index in [1.165, 1.54) is 7.11 Å². The molecule has 1 aliphatic heterocycles. The van der Waals surface area contributed by atoms with Crippen LogP contribution in [-0.4, -0.2) is 77.3 Å². The van der Waals surface area contributed by atoms with E-state index in [1.54, 1.807) is 18.2 Å². The van der Waals surface area contributed by atoms with Crippen molar-refractivity contribution in [1.29, 1.82) is 0 Å². The minimum atomic E-state index is -1.57. The normalized spacial score (nSPS) is 28.0. The van der Waals surface area contributed by atoms with Crippen LogP contribution in [-0.2, 0) is 20.9 Å². The Morgan fingerprint density at radius 1 is 1.26 bits per heavy atom. The fourth-order valence-corrected chi connectivity index (χ4v) is 2.67. The highest BCUT2D eigenvalue weighted by Gasteiger charge is 2.44. The summed E-state index contributed by atoms with van der Waals surface area (Å²) in [6.45, 7) is -0.0930. The van der Waals surface area contributed by atoms with Crippen molar-refractivity contribution < 1.29 is 39.4 Å². The summed E-state index contributed by atoms with van der Waals surface area (Å²) in [5.74, 6) is -0.157. The predicted octanol–water partition coefficient (Wildman–Crippen LogP) is -1.70. The Bertz CT molecular complexity index is 627. The Morgan fingerprint density at radius 2 is 2.00 bits per heavy atom. The van der Waals surface area contributed by atoms with Crippen molar-refractivity contribution in [3.05, 3.63) is 23.8 Å². The number of carbonyl (C=O) groups excluding carboxylic acids is 1. The molecule has 10 nitrogen and oxygen atoms in total. The smallest absolute Gasteiger partial charge is 0.229 e. The van der Waals surface area contributed by atoms with Gasteiger partial charge in [0.05, 0.1) is 18.9 Å². The van der Waals surface area contributed by atoms with Gasteiger partial charge in [-0.2, -0.15) is 0 Å². The minimum absolute atomic E-state index is 0.105. The molecule has 152 valence electrons. The van der Waals surface area contributed by atoms with Crippen molar-refractivity contribution in [3.63, 3.8) is 0 Å². The van der Waals surface area contributed by atoms with Gasteiger partial charge in [-0.15, -0.1) is 0 Å². The highest BCUT2D eigenvalue weighted by Crippen LogP contribution is 2.31. The summed E-state index contributed by atoms with van der Waals surface area (Å²) in [7, 11) is 1.53. The Hall–Kier alpha value is -1.79. The van der Waals surface area contributed by atoms with E-state index < -0.39 is 37.3 Å². The van der Waals surface area contributed by atoms with Gasteiger partial charge in [-0.3, -0.25) is 4.79 Å². The first-order chi connectivity index (χ1) is 12.9. The number of nitrogens with one attached hydrogen (secondary N) is 1. The average Bonchev–Trinajstić information content (AvgIpc) is 2.64. The summed E-state index contributed by atoms with van der Waals surface area (Å²) >= 11 is 0. The highest BCUT2D eigenvalue weighted by molar-refractivity contribution is 5.92.